The standard InChI is InChI=1S/C41H44O21/c1-17-34(55-19(3)43)36(57-21(5)45)38(59-23(7)47)40(53-17)52-16-31-35(56-20(4)44)37(58-22(6)46)39(60-24(8)48)41(62-31)61-27-13-29(49)32-30(14-27)51-15-28(33(32)50)25-9-11-26(12-10-25)54-18(2)42/h9-15,17,31,34-41,49H,16H2,1-8H3. The number of benzene rings is 2. The summed E-state index contributed by atoms with van der Waals surface area (Å²) in [5.74, 6) is -6.28. The van der Waals surface area contributed by atoms with Gasteiger partial charge in [-0.2, -0.15) is 0 Å². The van der Waals surface area contributed by atoms with Crippen LogP contribution in [0.3, 0.4) is 0 Å². The molecule has 3 heterocycles. The number of fused-ring (bicyclic) bond motifs is 1. The number of aromatic hydroxyl groups is 1. The Balaban J connectivity index is 1.51. The minimum Gasteiger partial charge on any atom is -0.507 e. The first-order valence-corrected chi connectivity index (χ1v) is 18.9. The van der Waals surface area contributed by atoms with Gasteiger partial charge in [0.2, 0.25) is 17.8 Å². The van der Waals surface area contributed by atoms with E-state index in [1.165, 1.54) is 44.2 Å². The minimum absolute atomic E-state index is 0.0540. The number of esters is 7. The average molecular weight is 873 g/mol. The average Bonchev–Trinajstić information content (AvgIpc) is 3.15. The second-order valence-electron chi connectivity index (χ2n) is 14.1. The summed E-state index contributed by atoms with van der Waals surface area (Å²) >= 11 is 0. The second kappa shape index (κ2) is 19.9. The third-order valence-corrected chi connectivity index (χ3v) is 9.06. The lowest BCUT2D eigenvalue weighted by Gasteiger charge is -2.46. The Hall–Kier alpha value is -6.58. The van der Waals surface area contributed by atoms with Crippen LogP contribution in [0.4, 0.5) is 0 Å². The smallest absolute Gasteiger partial charge is 0.308 e. The predicted molar refractivity (Wildman–Crippen MR) is 204 cm³/mol. The molecule has 3 aromatic rings. The first-order valence-electron chi connectivity index (χ1n) is 18.9. The molecule has 21 nitrogen and oxygen atoms in total. The van der Waals surface area contributed by atoms with Crippen molar-refractivity contribution in [3.8, 4) is 28.4 Å². The van der Waals surface area contributed by atoms with Crippen LogP contribution in [0.15, 0.2) is 51.9 Å². The Kier molecular flexibility index (Phi) is 14.9. The predicted octanol–water partition coefficient (Wildman–Crippen LogP) is 2.55. The number of phenolic OH excluding ortho intramolecular Hbond substituents is 1. The number of carbonyl (C=O) groups is 7. The van der Waals surface area contributed by atoms with Gasteiger partial charge >= 0.3 is 41.8 Å². The number of phenols is 1. The van der Waals surface area contributed by atoms with Gasteiger partial charge in [-0.05, 0) is 24.6 Å². The van der Waals surface area contributed by atoms with E-state index < -0.39 is 121 Å². The van der Waals surface area contributed by atoms with Gasteiger partial charge in [0, 0.05) is 60.6 Å². The van der Waals surface area contributed by atoms with Crippen LogP contribution in [0.2, 0.25) is 0 Å². The van der Waals surface area contributed by atoms with Gasteiger partial charge in [0.05, 0.1) is 18.3 Å². The lowest BCUT2D eigenvalue weighted by atomic mass is 9.97. The summed E-state index contributed by atoms with van der Waals surface area (Å²) in [4.78, 5) is 98.9. The number of rotatable bonds is 13. The summed E-state index contributed by atoms with van der Waals surface area (Å²) in [7, 11) is 0. The highest BCUT2D eigenvalue weighted by molar-refractivity contribution is 5.88. The molecule has 10 unspecified atom stereocenters. The maximum atomic E-state index is 13.6. The third kappa shape index (κ3) is 11.4. The van der Waals surface area contributed by atoms with Gasteiger partial charge in [-0.1, -0.05) is 12.1 Å². The summed E-state index contributed by atoms with van der Waals surface area (Å²) in [6, 6.07) is 8.23. The van der Waals surface area contributed by atoms with Crippen LogP contribution in [0.25, 0.3) is 22.1 Å². The van der Waals surface area contributed by atoms with E-state index in [2.05, 4.69) is 0 Å². The van der Waals surface area contributed by atoms with Crippen LogP contribution >= 0.6 is 0 Å². The molecular formula is C41H44O21. The zero-order valence-corrected chi connectivity index (χ0v) is 34.6. The molecule has 2 aliphatic heterocycles. The van der Waals surface area contributed by atoms with Gasteiger partial charge in [0.15, 0.2) is 36.8 Å². The molecule has 0 saturated carbocycles. The summed E-state index contributed by atoms with van der Waals surface area (Å²) in [6.45, 7) is 8.43. The molecule has 2 aromatic carbocycles. The highest BCUT2D eigenvalue weighted by Gasteiger charge is 2.55. The molecule has 0 bridgehead atoms. The Morgan fingerprint density at radius 2 is 1.10 bits per heavy atom. The van der Waals surface area contributed by atoms with E-state index in [1.807, 2.05) is 0 Å². The quantitative estimate of drug-likeness (QED) is 0.147. The summed E-state index contributed by atoms with van der Waals surface area (Å²) in [5, 5.41) is 10.9. The lowest BCUT2D eigenvalue weighted by Crippen LogP contribution is -2.64. The van der Waals surface area contributed by atoms with Crippen LogP contribution in [0.1, 0.15) is 55.4 Å². The first kappa shape index (κ1) is 46.5. The van der Waals surface area contributed by atoms with E-state index in [1.54, 1.807) is 0 Å². The van der Waals surface area contributed by atoms with E-state index in [0.717, 1.165) is 53.9 Å². The summed E-state index contributed by atoms with van der Waals surface area (Å²) in [5.41, 5.74) is -0.367. The zero-order chi connectivity index (χ0) is 45.6. The largest absolute Gasteiger partial charge is 0.507 e. The van der Waals surface area contributed by atoms with Crippen LogP contribution in [-0.2, 0) is 76.2 Å². The maximum absolute atomic E-state index is 13.6. The number of hydrogen-bond donors (Lipinski definition) is 1. The summed E-state index contributed by atoms with van der Waals surface area (Å²) < 4.78 is 67.9. The molecule has 2 aliphatic rings. The minimum atomic E-state index is -1.75. The molecule has 0 amide bonds. The molecule has 0 spiro atoms. The highest BCUT2D eigenvalue weighted by atomic mass is 16.8. The van der Waals surface area contributed by atoms with Crippen molar-refractivity contribution in [2.45, 2.75) is 117 Å². The molecule has 5 rings (SSSR count). The lowest BCUT2D eigenvalue weighted by molar-refractivity contribution is -0.323. The second-order valence-corrected chi connectivity index (χ2v) is 14.1. The first-order chi connectivity index (χ1) is 29.2. The summed E-state index contributed by atoms with van der Waals surface area (Å²) in [6.07, 6.45) is -13.8. The van der Waals surface area contributed by atoms with Crippen molar-refractivity contribution in [3.05, 3.63) is 52.9 Å². The molecule has 334 valence electrons. The molecule has 0 radical (unpaired) electrons. The van der Waals surface area contributed by atoms with E-state index in [9.17, 15) is 43.5 Å². The van der Waals surface area contributed by atoms with Crippen molar-refractivity contribution in [1.29, 1.82) is 0 Å². The monoisotopic (exact) mass is 872 g/mol. The topological polar surface area (TPSA) is 271 Å². The van der Waals surface area contributed by atoms with E-state index in [4.69, 9.17) is 56.5 Å². The molecule has 0 aliphatic carbocycles. The molecule has 2 saturated heterocycles. The van der Waals surface area contributed by atoms with Gasteiger partial charge in [-0.25, -0.2) is 0 Å². The SMILES string of the molecule is CC(=O)Oc1ccc(-c2coc3cc(OC4OC(COC5OC(C)C(OC(C)=O)C(OC(C)=O)C5OC(C)=O)C(OC(C)=O)C(OC(C)=O)C4OC(C)=O)cc(O)c3c2=O)cc1. The van der Waals surface area contributed by atoms with Crippen molar-refractivity contribution < 1.29 is 95.2 Å². The van der Waals surface area contributed by atoms with Gasteiger partial charge in [-0.3, -0.25) is 38.4 Å². The molecule has 1 aromatic heterocycles. The van der Waals surface area contributed by atoms with Crippen molar-refractivity contribution >= 4 is 52.8 Å². The highest BCUT2D eigenvalue weighted by Crippen LogP contribution is 2.36. The van der Waals surface area contributed by atoms with E-state index in [0.29, 0.717) is 5.56 Å². The van der Waals surface area contributed by atoms with E-state index in [-0.39, 0.29) is 28.0 Å². The van der Waals surface area contributed by atoms with Crippen molar-refractivity contribution in [1.82, 2.24) is 0 Å². The number of ether oxygens (including phenoxy) is 11. The molecule has 2 fully saturated rings. The molecule has 62 heavy (non-hydrogen) atoms. The van der Waals surface area contributed by atoms with Crippen molar-refractivity contribution in [3.63, 3.8) is 0 Å². The van der Waals surface area contributed by atoms with Gasteiger partial charge in [0.1, 0.15) is 40.6 Å². The Morgan fingerprint density at radius 1 is 0.597 bits per heavy atom. The number of carbonyl (C=O) groups excluding carboxylic acids is 7. The Morgan fingerprint density at radius 3 is 1.65 bits per heavy atom. The van der Waals surface area contributed by atoms with Crippen molar-refractivity contribution in [2.24, 2.45) is 0 Å². The fourth-order valence-electron chi connectivity index (χ4n) is 6.86. The van der Waals surface area contributed by atoms with Crippen LogP contribution < -0.4 is 14.9 Å². The van der Waals surface area contributed by atoms with Crippen LogP contribution in [0, 0.1) is 0 Å². The van der Waals surface area contributed by atoms with Crippen molar-refractivity contribution in [2.75, 3.05) is 6.61 Å². The molecule has 10 atom stereocenters. The van der Waals surface area contributed by atoms with Crippen LogP contribution in [0.5, 0.6) is 17.2 Å². The van der Waals surface area contributed by atoms with Gasteiger partial charge < -0.3 is 61.6 Å². The maximum Gasteiger partial charge on any atom is 0.308 e. The molecule has 1 N–H and O–H groups in total. The van der Waals surface area contributed by atoms with Gasteiger partial charge in [0.25, 0.3) is 0 Å². The molecule has 21 heteroatoms. The zero-order valence-electron chi connectivity index (χ0n) is 34.6. The normalized spacial score (nSPS) is 25.7. The molecular weight excluding hydrogens is 828 g/mol. The van der Waals surface area contributed by atoms with Crippen LogP contribution in [-0.4, -0.2) is 115 Å². The Bertz CT molecular complexity index is 2250. The van der Waals surface area contributed by atoms with E-state index >= 15 is 0 Å². The van der Waals surface area contributed by atoms with Gasteiger partial charge in [-0.15, -0.1) is 0 Å². The number of hydrogen-bond acceptors (Lipinski definition) is 21. The third-order valence-electron chi connectivity index (χ3n) is 9.06. The fourth-order valence-corrected chi connectivity index (χ4v) is 6.86. The fraction of sp³-hybridized carbons (Fsp3) is 0.463. The Labute approximate surface area is 352 Å².